The Morgan fingerprint density at radius 1 is 1.14 bits per heavy atom. The molecule has 158 valence electrons. The zero-order valence-corrected chi connectivity index (χ0v) is 16.6. The second-order valence-corrected chi connectivity index (χ2v) is 7.68. The van der Waals surface area contributed by atoms with E-state index in [1.165, 1.54) is 4.68 Å². The summed E-state index contributed by atoms with van der Waals surface area (Å²) >= 11 is 0. The van der Waals surface area contributed by atoms with Gasteiger partial charge in [0.05, 0.1) is 24.6 Å². The fourth-order valence-electron chi connectivity index (χ4n) is 3.76. The van der Waals surface area contributed by atoms with Gasteiger partial charge in [-0.2, -0.15) is 19.7 Å². The molecule has 0 atom stereocenters. The molecule has 10 heteroatoms. The van der Waals surface area contributed by atoms with E-state index >= 15 is 0 Å². The lowest BCUT2D eigenvalue weighted by Crippen LogP contribution is -2.37. The number of ether oxygens (including phenoxy) is 1. The number of rotatable bonds is 4. The average molecular weight is 410 g/mol. The zero-order valence-electron chi connectivity index (χ0n) is 16.6. The molecule has 0 unspecified atom stereocenters. The van der Waals surface area contributed by atoms with Crippen LogP contribution in [0.25, 0.3) is 5.95 Å². The Morgan fingerprint density at radius 2 is 1.83 bits per heavy atom. The van der Waals surface area contributed by atoms with Gasteiger partial charge in [-0.05, 0) is 26.7 Å². The molecule has 0 bridgehead atoms. The minimum atomic E-state index is -2.59. The molecule has 7 nitrogen and oxygen atoms in total. The van der Waals surface area contributed by atoms with Gasteiger partial charge in [0.2, 0.25) is 5.92 Å². The number of hydrogen-bond acceptors (Lipinski definition) is 6. The molecule has 1 saturated carbocycles. The summed E-state index contributed by atoms with van der Waals surface area (Å²) in [7, 11) is 0. The van der Waals surface area contributed by atoms with Crippen LogP contribution in [-0.2, 0) is 4.74 Å². The Balaban J connectivity index is 1.65. The van der Waals surface area contributed by atoms with Crippen molar-refractivity contribution in [3.05, 3.63) is 23.3 Å². The summed E-state index contributed by atoms with van der Waals surface area (Å²) in [5, 5.41) is 7.49. The Hall–Kier alpha value is -2.36. The molecule has 29 heavy (non-hydrogen) atoms. The van der Waals surface area contributed by atoms with E-state index in [4.69, 9.17) is 4.74 Å². The van der Waals surface area contributed by atoms with Crippen molar-refractivity contribution in [2.24, 2.45) is 0 Å². The highest BCUT2D eigenvalue weighted by molar-refractivity contribution is 5.52. The van der Waals surface area contributed by atoms with Gasteiger partial charge < -0.3 is 15.0 Å². The van der Waals surface area contributed by atoms with Crippen molar-refractivity contribution in [1.82, 2.24) is 19.7 Å². The molecule has 4 rings (SSSR count). The third-order valence-corrected chi connectivity index (χ3v) is 5.50. The lowest BCUT2D eigenvalue weighted by Gasteiger charge is -2.30. The van der Waals surface area contributed by atoms with E-state index in [1.54, 1.807) is 13.8 Å². The van der Waals surface area contributed by atoms with E-state index in [0.29, 0.717) is 56.5 Å². The summed E-state index contributed by atoms with van der Waals surface area (Å²) in [5.41, 5.74) is 0.594. The quantitative estimate of drug-likeness (QED) is 0.835. The first kappa shape index (κ1) is 19.9. The molecular formula is C19H25F3N6O. The molecule has 1 aliphatic carbocycles. The molecule has 2 aromatic rings. The van der Waals surface area contributed by atoms with Crippen molar-refractivity contribution < 1.29 is 17.9 Å². The fraction of sp³-hybridized carbons (Fsp3) is 0.632. The summed E-state index contributed by atoms with van der Waals surface area (Å²) < 4.78 is 47.9. The van der Waals surface area contributed by atoms with Crippen molar-refractivity contribution in [2.75, 3.05) is 36.5 Å². The van der Waals surface area contributed by atoms with E-state index in [9.17, 15) is 13.2 Å². The summed E-state index contributed by atoms with van der Waals surface area (Å²) in [6.45, 7) is 5.75. The van der Waals surface area contributed by atoms with Crippen LogP contribution in [0.4, 0.5) is 24.8 Å². The standard InChI is InChI=1S/C19H25F3N6O/c1-12-17(20)13(2)28(26-12)18-24-15(23-14-3-5-19(21,22)6-4-14)11-16(25-18)27-7-9-29-10-8-27/h11,14H,3-10H2,1-2H3,(H,23,24,25). The Morgan fingerprint density at radius 3 is 2.45 bits per heavy atom. The van der Waals surface area contributed by atoms with Crippen LogP contribution in [0.1, 0.15) is 37.1 Å². The van der Waals surface area contributed by atoms with Crippen LogP contribution in [-0.4, -0.2) is 58.0 Å². The Labute approximate surface area is 167 Å². The monoisotopic (exact) mass is 410 g/mol. The summed E-state index contributed by atoms with van der Waals surface area (Å²) in [5.74, 6) is -1.53. The van der Waals surface area contributed by atoms with Gasteiger partial charge in [-0.25, -0.2) is 13.2 Å². The van der Waals surface area contributed by atoms with Crippen molar-refractivity contribution in [3.8, 4) is 5.95 Å². The summed E-state index contributed by atoms with van der Waals surface area (Å²) in [4.78, 5) is 11.2. The SMILES string of the molecule is Cc1nn(-c2nc(NC3CCC(F)(F)CC3)cc(N3CCOCC3)n2)c(C)c1F. The maximum absolute atomic E-state index is 14.2. The predicted molar refractivity (Wildman–Crippen MR) is 102 cm³/mol. The highest BCUT2D eigenvalue weighted by Gasteiger charge is 2.35. The Bertz CT molecular complexity index is 871. The van der Waals surface area contributed by atoms with Crippen LogP contribution >= 0.6 is 0 Å². The van der Waals surface area contributed by atoms with Crippen LogP contribution in [0.5, 0.6) is 0 Å². The molecule has 2 fully saturated rings. The number of aryl methyl sites for hydroxylation is 1. The highest BCUT2D eigenvalue weighted by atomic mass is 19.3. The highest BCUT2D eigenvalue weighted by Crippen LogP contribution is 2.34. The average Bonchev–Trinajstić information content (AvgIpc) is 2.97. The van der Waals surface area contributed by atoms with E-state index < -0.39 is 11.7 Å². The van der Waals surface area contributed by atoms with E-state index in [0.717, 1.165) is 0 Å². The first-order valence-electron chi connectivity index (χ1n) is 9.91. The normalized spacial score (nSPS) is 20.1. The second-order valence-electron chi connectivity index (χ2n) is 7.68. The minimum Gasteiger partial charge on any atom is -0.378 e. The molecule has 0 radical (unpaired) electrons. The third kappa shape index (κ3) is 4.31. The predicted octanol–water partition coefficient (Wildman–Crippen LogP) is 3.24. The number of aromatic nitrogens is 4. The van der Waals surface area contributed by atoms with Gasteiger partial charge in [-0.3, -0.25) is 0 Å². The molecule has 0 aromatic carbocycles. The van der Waals surface area contributed by atoms with Crippen molar-refractivity contribution in [2.45, 2.75) is 51.5 Å². The maximum Gasteiger partial charge on any atom is 0.254 e. The summed E-state index contributed by atoms with van der Waals surface area (Å²) in [6.07, 6.45) is 0.463. The van der Waals surface area contributed by atoms with Crippen molar-refractivity contribution in [3.63, 3.8) is 0 Å². The number of anilines is 2. The molecule has 2 aromatic heterocycles. The number of halogens is 3. The first-order valence-corrected chi connectivity index (χ1v) is 9.91. The fourth-order valence-corrected chi connectivity index (χ4v) is 3.76. The van der Waals surface area contributed by atoms with Gasteiger partial charge in [0, 0.05) is 38.0 Å². The lowest BCUT2D eigenvalue weighted by atomic mass is 9.92. The van der Waals surface area contributed by atoms with Gasteiger partial charge >= 0.3 is 0 Å². The third-order valence-electron chi connectivity index (χ3n) is 5.50. The van der Waals surface area contributed by atoms with E-state index in [1.807, 2.05) is 6.07 Å². The maximum atomic E-state index is 14.2. The van der Waals surface area contributed by atoms with Crippen LogP contribution < -0.4 is 10.2 Å². The van der Waals surface area contributed by atoms with Crippen LogP contribution in [0, 0.1) is 19.7 Å². The molecule has 3 heterocycles. The lowest BCUT2D eigenvalue weighted by molar-refractivity contribution is -0.0361. The summed E-state index contributed by atoms with van der Waals surface area (Å²) in [6, 6.07) is 1.72. The number of alkyl halides is 2. The van der Waals surface area contributed by atoms with Gasteiger partial charge in [-0.15, -0.1) is 0 Å². The van der Waals surface area contributed by atoms with Crippen molar-refractivity contribution in [1.29, 1.82) is 0 Å². The zero-order chi connectivity index (χ0) is 20.6. The van der Waals surface area contributed by atoms with Crippen LogP contribution in [0.2, 0.25) is 0 Å². The molecule has 1 saturated heterocycles. The number of morpholine rings is 1. The topological polar surface area (TPSA) is 68.1 Å². The van der Waals surface area contributed by atoms with Crippen LogP contribution in [0.3, 0.4) is 0 Å². The number of hydrogen-bond donors (Lipinski definition) is 1. The smallest absolute Gasteiger partial charge is 0.254 e. The number of nitrogens with one attached hydrogen (secondary N) is 1. The largest absolute Gasteiger partial charge is 0.378 e. The first-order chi connectivity index (χ1) is 13.8. The van der Waals surface area contributed by atoms with Gasteiger partial charge in [-0.1, -0.05) is 0 Å². The molecule has 0 spiro atoms. The van der Waals surface area contributed by atoms with Gasteiger partial charge in [0.1, 0.15) is 11.6 Å². The second kappa shape index (κ2) is 7.81. The van der Waals surface area contributed by atoms with E-state index in [-0.39, 0.29) is 30.5 Å². The number of nitrogens with zero attached hydrogens (tertiary/aromatic N) is 5. The van der Waals surface area contributed by atoms with Crippen molar-refractivity contribution >= 4 is 11.6 Å². The van der Waals surface area contributed by atoms with Gasteiger partial charge in [0.15, 0.2) is 5.82 Å². The molecule has 2 aliphatic rings. The molecule has 1 N–H and O–H groups in total. The van der Waals surface area contributed by atoms with Crippen LogP contribution in [0.15, 0.2) is 6.07 Å². The molecular weight excluding hydrogens is 385 g/mol. The minimum absolute atomic E-state index is 0.0906. The van der Waals surface area contributed by atoms with Gasteiger partial charge in [0.25, 0.3) is 5.95 Å². The Kier molecular flexibility index (Phi) is 5.37. The molecule has 1 aliphatic heterocycles. The van der Waals surface area contributed by atoms with E-state index in [2.05, 4.69) is 25.3 Å². The molecule has 0 amide bonds.